The Hall–Kier alpha value is -0.910. The van der Waals surface area contributed by atoms with Crippen molar-refractivity contribution in [3.63, 3.8) is 0 Å². The molecule has 2 unspecified atom stereocenters. The first kappa shape index (κ1) is 15.1. The Labute approximate surface area is 110 Å². The minimum absolute atomic E-state index is 0.0370. The smallest absolute Gasteiger partial charge is 0.0792 e. The number of hydrogen-bond acceptors (Lipinski definition) is 4. The minimum Gasteiger partial charge on any atom is -0.376 e. The van der Waals surface area contributed by atoms with Crippen molar-refractivity contribution in [1.82, 2.24) is 15.2 Å². The van der Waals surface area contributed by atoms with E-state index in [1.807, 2.05) is 26.4 Å². The summed E-state index contributed by atoms with van der Waals surface area (Å²) in [6, 6.07) is 0.0779. The maximum atomic E-state index is 5.87. The summed E-state index contributed by atoms with van der Waals surface area (Å²) in [5.41, 5.74) is 4.09. The molecule has 104 valence electrons. The Kier molecular flexibility index (Phi) is 5.31. The highest BCUT2D eigenvalue weighted by molar-refractivity contribution is 5.07. The van der Waals surface area contributed by atoms with E-state index in [-0.39, 0.29) is 17.6 Å². The molecule has 5 nitrogen and oxygen atoms in total. The average molecular weight is 254 g/mol. The van der Waals surface area contributed by atoms with Gasteiger partial charge in [0, 0.05) is 19.9 Å². The number of rotatable bonds is 6. The molecule has 0 aliphatic heterocycles. The number of nitrogens with two attached hydrogens (primary N) is 1. The second kappa shape index (κ2) is 6.31. The molecular formula is C13H26N4O. The van der Waals surface area contributed by atoms with Crippen LogP contribution in [0, 0.1) is 5.41 Å². The molecule has 1 rings (SSSR count). The maximum absolute atomic E-state index is 5.87. The standard InChI is InChI=1S/C13H26N4O/c1-6-18-12(13(2,3)4)11(16-14)7-10-8-15-17(5)9-10/h8-9,11-12,16H,6-7,14H2,1-5H3. The SMILES string of the molecule is CCOC(C(Cc1cnn(C)c1)NN)C(C)(C)C. The first-order valence-electron chi connectivity index (χ1n) is 6.43. The van der Waals surface area contributed by atoms with Crippen molar-refractivity contribution >= 4 is 0 Å². The fourth-order valence-electron chi connectivity index (χ4n) is 2.23. The lowest BCUT2D eigenvalue weighted by atomic mass is 9.83. The van der Waals surface area contributed by atoms with E-state index in [0.717, 1.165) is 12.0 Å². The molecule has 0 aliphatic rings. The molecule has 2 atom stereocenters. The second-order valence-electron chi connectivity index (χ2n) is 5.74. The summed E-state index contributed by atoms with van der Waals surface area (Å²) < 4.78 is 7.67. The average Bonchev–Trinajstić information content (AvgIpc) is 2.67. The van der Waals surface area contributed by atoms with Crippen molar-refractivity contribution in [3.05, 3.63) is 18.0 Å². The van der Waals surface area contributed by atoms with Crippen LogP contribution in [0.5, 0.6) is 0 Å². The van der Waals surface area contributed by atoms with Gasteiger partial charge in [-0.05, 0) is 24.3 Å². The van der Waals surface area contributed by atoms with E-state index in [1.54, 1.807) is 4.68 Å². The van der Waals surface area contributed by atoms with Crippen LogP contribution in [0.1, 0.15) is 33.3 Å². The number of hydrogen-bond donors (Lipinski definition) is 2. The van der Waals surface area contributed by atoms with E-state index in [2.05, 4.69) is 31.3 Å². The van der Waals surface area contributed by atoms with Gasteiger partial charge in [0.15, 0.2) is 0 Å². The quantitative estimate of drug-likeness (QED) is 0.592. The molecule has 0 spiro atoms. The van der Waals surface area contributed by atoms with Gasteiger partial charge in [-0.2, -0.15) is 5.10 Å². The molecule has 0 saturated carbocycles. The molecule has 5 heteroatoms. The summed E-state index contributed by atoms with van der Waals surface area (Å²) in [5.74, 6) is 5.70. The molecule has 3 N–H and O–H groups in total. The van der Waals surface area contributed by atoms with Crippen LogP contribution in [0.3, 0.4) is 0 Å². The van der Waals surface area contributed by atoms with Crippen LogP contribution in [0.25, 0.3) is 0 Å². The Morgan fingerprint density at radius 2 is 2.17 bits per heavy atom. The van der Waals surface area contributed by atoms with Crippen LogP contribution in [0.4, 0.5) is 0 Å². The van der Waals surface area contributed by atoms with Gasteiger partial charge >= 0.3 is 0 Å². The Morgan fingerprint density at radius 3 is 2.56 bits per heavy atom. The molecule has 0 aliphatic carbocycles. The number of aryl methyl sites for hydroxylation is 1. The Morgan fingerprint density at radius 1 is 1.50 bits per heavy atom. The van der Waals surface area contributed by atoms with Gasteiger partial charge in [0.2, 0.25) is 0 Å². The van der Waals surface area contributed by atoms with Gasteiger partial charge in [-0.15, -0.1) is 0 Å². The van der Waals surface area contributed by atoms with Crippen LogP contribution in [0.2, 0.25) is 0 Å². The monoisotopic (exact) mass is 254 g/mol. The van der Waals surface area contributed by atoms with Gasteiger partial charge in [0.25, 0.3) is 0 Å². The first-order chi connectivity index (χ1) is 8.38. The van der Waals surface area contributed by atoms with E-state index in [1.165, 1.54) is 0 Å². The zero-order valence-electron chi connectivity index (χ0n) is 12.1. The van der Waals surface area contributed by atoms with Crippen LogP contribution in [0.15, 0.2) is 12.4 Å². The summed E-state index contributed by atoms with van der Waals surface area (Å²) in [7, 11) is 1.91. The van der Waals surface area contributed by atoms with Gasteiger partial charge < -0.3 is 4.74 Å². The van der Waals surface area contributed by atoms with Crippen molar-refractivity contribution in [2.24, 2.45) is 18.3 Å². The molecule has 1 aromatic heterocycles. The summed E-state index contributed by atoms with van der Waals surface area (Å²) in [6.07, 6.45) is 4.76. The summed E-state index contributed by atoms with van der Waals surface area (Å²) >= 11 is 0. The predicted octanol–water partition coefficient (Wildman–Crippen LogP) is 1.25. The third-order valence-electron chi connectivity index (χ3n) is 2.99. The van der Waals surface area contributed by atoms with Crippen molar-refractivity contribution < 1.29 is 4.74 Å². The van der Waals surface area contributed by atoms with Crippen LogP contribution in [-0.4, -0.2) is 28.5 Å². The molecule has 0 bridgehead atoms. The zero-order valence-corrected chi connectivity index (χ0v) is 12.1. The molecule has 1 heterocycles. The van der Waals surface area contributed by atoms with Gasteiger partial charge in [0.1, 0.15) is 0 Å². The van der Waals surface area contributed by atoms with Gasteiger partial charge in [-0.3, -0.25) is 16.0 Å². The highest BCUT2D eigenvalue weighted by Crippen LogP contribution is 2.26. The highest BCUT2D eigenvalue weighted by atomic mass is 16.5. The molecule has 0 radical (unpaired) electrons. The van der Waals surface area contributed by atoms with Crippen molar-refractivity contribution in [2.45, 2.75) is 46.3 Å². The maximum Gasteiger partial charge on any atom is 0.0792 e. The molecule has 18 heavy (non-hydrogen) atoms. The Balaban J connectivity index is 2.79. The summed E-state index contributed by atoms with van der Waals surface area (Å²) in [5, 5.41) is 4.18. The number of nitrogens with one attached hydrogen (secondary N) is 1. The van der Waals surface area contributed by atoms with Gasteiger partial charge in [0.05, 0.1) is 18.3 Å². The summed E-state index contributed by atoms with van der Waals surface area (Å²) in [4.78, 5) is 0. The largest absolute Gasteiger partial charge is 0.376 e. The molecule has 0 saturated heterocycles. The lowest BCUT2D eigenvalue weighted by Crippen LogP contribution is -2.52. The third kappa shape index (κ3) is 4.08. The lowest BCUT2D eigenvalue weighted by molar-refractivity contribution is -0.0356. The van der Waals surface area contributed by atoms with Crippen molar-refractivity contribution in [3.8, 4) is 0 Å². The first-order valence-corrected chi connectivity index (χ1v) is 6.43. The van der Waals surface area contributed by atoms with Crippen LogP contribution in [-0.2, 0) is 18.2 Å². The molecule has 0 aromatic carbocycles. The van der Waals surface area contributed by atoms with Gasteiger partial charge in [-0.25, -0.2) is 0 Å². The van der Waals surface area contributed by atoms with E-state index < -0.39 is 0 Å². The Bertz CT molecular complexity index is 356. The molecule has 1 aromatic rings. The van der Waals surface area contributed by atoms with Crippen molar-refractivity contribution in [1.29, 1.82) is 0 Å². The van der Waals surface area contributed by atoms with Crippen LogP contribution >= 0.6 is 0 Å². The molecular weight excluding hydrogens is 228 g/mol. The fourth-order valence-corrected chi connectivity index (χ4v) is 2.23. The van der Waals surface area contributed by atoms with E-state index in [0.29, 0.717) is 6.61 Å². The van der Waals surface area contributed by atoms with E-state index >= 15 is 0 Å². The molecule has 0 amide bonds. The number of nitrogens with zero attached hydrogens (tertiary/aromatic N) is 2. The second-order valence-corrected chi connectivity index (χ2v) is 5.74. The topological polar surface area (TPSA) is 65.1 Å². The normalized spacial score (nSPS) is 15.7. The third-order valence-corrected chi connectivity index (χ3v) is 2.99. The highest BCUT2D eigenvalue weighted by Gasteiger charge is 2.32. The van der Waals surface area contributed by atoms with Crippen molar-refractivity contribution in [2.75, 3.05) is 6.61 Å². The lowest BCUT2D eigenvalue weighted by Gasteiger charge is -2.36. The minimum atomic E-state index is 0.0370. The molecule has 0 fully saturated rings. The van der Waals surface area contributed by atoms with E-state index in [9.17, 15) is 0 Å². The fraction of sp³-hybridized carbons (Fsp3) is 0.769. The van der Waals surface area contributed by atoms with E-state index in [4.69, 9.17) is 10.6 Å². The summed E-state index contributed by atoms with van der Waals surface area (Å²) in [6.45, 7) is 9.20. The predicted molar refractivity (Wildman–Crippen MR) is 72.9 cm³/mol. The number of hydrazine groups is 1. The number of aromatic nitrogens is 2. The number of ether oxygens (including phenoxy) is 1. The van der Waals surface area contributed by atoms with Gasteiger partial charge in [-0.1, -0.05) is 20.8 Å². The zero-order chi connectivity index (χ0) is 13.8. The van der Waals surface area contributed by atoms with Crippen LogP contribution < -0.4 is 11.3 Å².